The van der Waals surface area contributed by atoms with E-state index in [2.05, 4.69) is 10.3 Å². The molecule has 0 radical (unpaired) electrons. The van der Waals surface area contributed by atoms with E-state index >= 15 is 0 Å². The number of anilines is 1. The maximum absolute atomic E-state index is 12.0. The molecule has 2 heterocycles. The summed E-state index contributed by atoms with van der Waals surface area (Å²) < 4.78 is 5.02. The summed E-state index contributed by atoms with van der Waals surface area (Å²) >= 11 is 1.14. The first-order valence-electron chi connectivity index (χ1n) is 6.75. The van der Waals surface area contributed by atoms with E-state index in [0.29, 0.717) is 15.7 Å². The second-order valence-corrected chi connectivity index (χ2v) is 5.74. The Morgan fingerprint density at radius 1 is 1.17 bits per heavy atom. The molecule has 6 nitrogen and oxygen atoms in total. The minimum Gasteiger partial charge on any atom is -0.481 e. The van der Waals surface area contributed by atoms with Gasteiger partial charge in [-0.2, -0.15) is 0 Å². The van der Waals surface area contributed by atoms with Crippen molar-refractivity contribution in [1.82, 2.24) is 4.98 Å². The molecule has 3 rings (SSSR count). The number of amides is 1. The number of carbonyl (C=O) groups excluding carboxylic acids is 1. The number of hydrogen-bond donors (Lipinski definition) is 2. The largest absolute Gasteiger partial charge is 0.481 e. The van der Waals surface area contributed by atoms with E-state index in [0.717, 1.165) is 16.9 Å². The number of aliphatic carboxylic acids is 1. The molecule has 0 aliphatic heterocycles. The first kappa shape index (κ1) is 15.0. The lowest BCUT2D eigenvalue weighted by Gasteiger charge is -1.99. The van der Waals surface area contributed by atoms with Crippen molar-refractivity contribution in [2.24, 2.45) is 0 Å². The van der Waals surface area contributed by atoms with Crippen LogP contribution in [0.3, 0.4) is 0 Å². The van der Waals surface area contributed by atoms with Crippen LogP contribution in [0.4, 0.5) is 5.13 Å². The fraction of sp³-hybridized carbons (Fsp3) is 0.0625. The van der Waals surface area contributed by atoms with Crippen molar-refractivity contribution in [2.75, 3.05) is 5.32 Å². The van der Waals surface area contributed by atoms with Crippen LogP contribution in [-0.2, 0) is 11.2 Å². The van der Waals surface area contributed by atoms with Gasteiger partial charge in [-0.05, 0) is 12.1 Å². The van der Waals surface area contributed by atoms with E-state index in [1.165, 1.54) is 6.26 Å². The predicted octanol–water partition coefficient (Wildman–Crippen LogP) is 3.28. The number of aromatic nitrogens is 1. The van der Waals surface area contributed by atoms with E-state index < -0.39 is 11.9 Å². The van der Waals surface area contributed by atoms with Crippen molar-refractivity contribution in [3.05, 3.63) is 59.4 Å². The summed E-state index contributed by atoms with van der Waals surface area (Å²) in [7, 11) is 0. The molecule has 0 aliphatic rings. The number of carboxylic acids is 1. The van der Waals surface area contributed by atoms with Crippen molar-refractivity contribution in [1.29, 1.82) is 0 Å². The number of rotatable bonds is 5. The van der Waals surface area contributed by atoms with Gasteiger partial charge in [-0.3, -0.25) is 14.9 Å². The number of thiazole rings is 1. The highest BCUT2D eigenvalue weighted by Gasteiger charge is 2.18. The third-order valence-corrected chi connectivity index (χ3v) is 3.99. The first-order valence-corrected chi connectivity index (χ1v) is 7.57. The maximum atomic E-state index is 12.0. The summed E-state index contributed by atoms with van der Waals surface area (Å²) in [6.07, 6.45) is 1.25. The van der Waals surface area contributed by atoms with E-state index in [1.54, 1.807) is 12.1 Å². The minimum absolute atomic E-state index is 0.154. The number of benzene rings is 1. The van der Waals surface area contributed by atoms with Gasteiger partial charge in [-0.25, -0.2) is 4.98 Å². The molecule has 0 unspecified atom stereocenters. The molecule has 0 bridgehead atoms. The van der Waals surface area contributed by atoms with Gasteiger partial charge in [0, 0.05) is 10.4 Å². The Morgan fingerprint density at radius 3 is 2.61 bits per heavy atom. The van der Waals surface area contributed by atoms with Gasteiger partial charge in [-0.15, -0.1) is 11.3 Å². The van der Waals surface area contributed by atoms with Crippen LogP contribution in [0.2, 0.25) is 0 Å². The SMILES string of the molecule is O=C(O)Cc1sc(NC(=O)c2ccco2)nc1-c1ccccc1. The predicted molar refractivity (Wildman–Crippen MR) is 85.6 cm³/mol. The van der Waals surface area contributed by atoms with Gasteiger partial charge in [0.1, 0.15) is 0 Å². The summed E-state index contributed by atoms with van der Waals surface area (Å²) in [6.45, 7) is 0. The van der Waals surface area contributed by atoms with Crippen molar-refractivity contribution < 1.29 is 19.1 Å². The van der Waals surface area contributed by atoms with Crippen LogP contribution in [0.25, 0.3) is 11.3 Å². The first-order chi connectivity index (χ1) is 11.1. The molecule has 0 aliphatic carbocycles. The number of carboxylic acid groups (broad SMARTS) is 1. The monoisotopic (exact) mass is 328 g/mol. The van der Waals surface area contributed by atoms with E-state index in [1.807, 2.05) is 30.3 Å². The lowest BCUT2D eigenvalue weighted by Crippen LogP contribution is -2.10. The number of nitrogens with one attached hydrogen (secondary N) is 1. The third-order valence-electron chi connectivity index (χ3n) is 3.02. The van der Waals surface area contributed by atoms with Crippen LogP contribution >= 0.6 is 11.3 Å². The molecule has 0 atom stereocenters. The average Bonchev–Trinajstić information content (AvgIpc) is 3.17. The van der Waals surface area contributed by atoms with Crippen molar-refractivity contribution >= 4 is 28.3 Å². The Hall–Kier alpha value is -2.93. The Morgan fingerprint density at radius 2 is 1.96 bits per heavy atom. The van der Waals surface area contributed by atoms with Crippen LogP contribution < -0.4 is 5.32 Å². The summed E-state index contributed by atoms with van der Waals surface area (Å²) in [5, 5.41) is 12.0. The average molecular weight is 328 g/mol. The van der Waals surface area contributed by atoms with Crippen molar-refractivity contribution in [3.8, 4) is 11.3 Å². The lowest BCUT2D eigenvalue weighted by molar-refractivity contribution is -0.136. The van der Waals surface area contributed by atoms with Gasteiger partial charge >= 0.3 is 5.97 Å². The number of furan rings is 1. The third kappa shape index (κ3) is 3.46. The molecule has 0 fully saturated rings. The van der Waals surface area contributed by atoms with Crippen molar-refractivity contribution in [3.63, 3.8) is 0 Å². The molecular weight excluding hydrogens is 316 g/mol. The number of carbonyl (C=O) groups is 2. The molecule has 7 heteroatoms. The zero-order valence-electron chi connectivity index (χ0n) is 11.9. The zero-order chi connectivity index (χ0) is 16.2. The molecule has 0 saturated carbocycles. The van der Waals surface area contributed by atoms with Crippen molar-refractivity contribution in [2.45, 2.75) is 6.42 Å². The topological polar surface area (TPSA) is 92.4 Å². The Labute approximate surface area is 135 Å². The fourth-order valence-electron chi connectivity index (χ4n) is 2.05. The molecule has 2 N–H and O–H groups in total. The zero-order valence-corrected chi connectivity index (χ0v) is 12.7. The van der Waals surface area contributed by atoms with Gasteiger partial charge in [0.05, 0.1) is 18.4 Å². The molecule has 23 heavy (non-hydrogen) atoms. The smallest absolute Gasteiger partial charge is 0.308 e. The van der Waals surface area contributed by atoms with Crippen LogP contribution in [0.15, 0.2) is 53.1 Å². The van der Waals surface area contributed by atoms with Crippen LogP contribution in [0.1, 0.15) is 15.4 Å². The second-order valence-electron chi connectivity index (χ2n) is 4.66. The van der Waals surface area contributed by atoms with Gasteiger partial charge in [0.25, 0.3) is 5.91 Å². The quantitative estimate of drug-likeness (QED) is 0.750. The lowest BCUT2D eigenvalue weighted by atomic mass is 10.1. The fourth-order valence-corrected chi connectivity index (χ4v) is 3.02. The van der Waals surface area contributed by atoms with Gasteiger partial charge < -0.3 is 9.52 Å². The normalized spacial score (nSPS) is 10.4. The van der Waals surface area contributed by atoms with Crippen LogP contribution in [0.5, 0.6) is 0 Å². The van der Waals surface area contributed by atoms with Crippen LogP contribution in [0, 0.1) is 0 Å². The Balaban J connectivity index is 1.91. The molecule has 3 aromatic rings. The molecule has 1 aromatic carbocycles. The molecule has 116 valence electrons. The Bertz CT molecular complexity index is 825. The Kier molecular flexibility index (Phi) is 4.20. The highest BCUT2D eigenvalue weighted by atomic mass is 32.1. The number of hydrogen-bond acceptors (Lipinski definition) is 5. The van der Waals surface area contributed by atoms with Gasteiger partial charge in [0.2, 0.25) is 0 Å². The van der Waals surface area contributed by atoms with E-state index in [-0.39, 0.29) is 12.2 Å². The summed E-state index contributed by atoms with van der Waals surface area (Å²) in [5.41, 5.74) is 1.37. The summed E-state index contributed by atoms with van der Waals surface area (Å²) in [5.74, 6) is -1.21. The summed E-state index contributed by atoms with van der Waals surface area (Å²) in [6, 6.07) is 12.4. The molecule has 0 spiro atoms. The highest BCUT2D eigenvalue weighted by molar-refractivity contribution is 7.16. The maximum Gasteiger partial charge on any atom is 0.308 e. The molecule has 2 aromatic heterocycles. The van der Waals surface area contributed by atoms with Gasteiger partial charge in [-0.1, -0.05) is 30.3 Å². The van der Waals surface area contributed by atoms with Gasteiger partial charge in [0.15, 0.2) is 10.9 Å². The highest BCUT2D eigenvalue weighted by Crippen LogP contribution is 2.31. The molecule has 0 saturated heterocycles. The number of nitrogens with zero attached hydrogens (tertiary/aromatic N) is 1. The minimum atomic E-state index is -0.949. The van der Waals surface area contributed by atoms with E-state index in [9.17, 15) is 9.59 Å². The van der Waals surface area contributed by atoms with E-state index in [4.69, 9.17) is 9.52 Å². The summed E-state index contributed by atoms with van der Waals surface area (Å²) in [4.78, 5) is 28.0. The molecular formula is C16H12N2O4S. The molecule has 1 amide bonds. The van der Waals surface area contributed by atoms with Crippen LogP contribution in [-0.4, -0.2) is 22.0 Å². The standard InChI is InChI=1S/C16H12N2O4S/c19-13(20)9-12-14(10-5-2-1-3-6-10)17-16(23-12)18-15(21)11-7-4-8-22-11/h1-8H,9H2,(H,19,20)(H,17,18,21). The second kappa shape index (κ2) is 6.45.